The number of hydrogen-bond acceptors (Lipinski definition) is 3. The molecule has 0 aromatic carbocycles. The first-order valence-corrected chi connectivity index (χ1v) is 6.81. The lowest BCUT2D eigenvalue weighted by molar-refractivity contribution is -0.131. The van der Waals surface area contributed by atoms with E-state index in [1.165, 1.54) is 13.0 Å². The molecule has 0 aliphatic carbocycles. The molecular weight excluding hydrogens is 214 g/mol. The summed E-state index contributed by atoms with van der Waals surface area (Å²) < 4.78 is 0. The molecule has 0 aromatic rings. The summed E-state index contributed by atoms with van der Waals surface area (Å²) in [7, 11) is 2.15. The Morgan fingerprint density at radius 1 is 1.47 bits per heavy atom. The third-order valence-electron chi connectivity index (χ3n) is 3.80. The van der Waals surface area contributed by atoms with Crippen molar-refractivity contribution in [2.45, 2.75) is 45.3 Å². The van der Waals surface area contributed by atoms with Gasteiger partial charge in [-0.25, -0.2) is 0 Å². The molecular formula is C13H25N3O. The minimum absolute atomic E-state index is 0.263. The maximum atomic E-state index is 12.0. The third kappa shape index (κ3) is 2.99. The first-order chi connectivity index (χ1) is 8.08. The molecule has 2 aliphatic heterocycles. The summed E-state index contributed by atoms with van der Waals surface area (Å²) in [6.45, 7) is 7.16. The van der Waals surface area contributed by atoms with Crippen LogP contribution < -0.4 is 5.32 Å². The van der Waals surface area contributed by atoms with E-state index in [9.17, 15) is 4.79 Å². The van der Waals surface area contributed by atoms with Crippen LogP contribution >= 0.6 is 0 Å². The number of piperidine rings is 1. The quantitative estimate of drug-likeness (QED) is 0.794. The zero-order valence-electron chi connectivity index (χ0n) is 11.3. The Kier molecular flexibility index (Phi) is 4.05. The summed E-state index contributed by atoms with van der Waals surface area (Å²) in [5.41, 5.74) is 0. The predicted octanol–water partition coefficient (Wildman–Crippen LogP) is 0.885. The summed E-state index contributed by atoms with van der Waals surface area (Å²) in [5.74, 6) is 0.915. The van der Waals surface area contributed by atoms with Gasteiger partial charge in [-0.1, -0.05) is 13.8 Å². The summed E-state index contributed by atoms with van der Waals surface area (Å²) in [6, 6.07) is 0.417. The Morgan fingerprint density at radius 2 is 2.24 bits per heavy atom. The van der Waals surface area contributed by atoms with Crippen molar-refractivity contribution in [2.75, 3.05) is 26.7 Å². The highest BCUT2D eigenvalue weighted by Crippen LogP contribution is 2.22. The zero-order valence-corrected chi connectivity index (χ0v) is 11.3. The van der Waals surface area contributed by atoms with Crippen molar-refractivity contribution in [3.05, 3.63) is 0 Å². The Morgan fingerprint density at radius 3 is 2.88 bits per heavy atom. The highest BCUT2D eigenvalue weighted by atomic mass is 16.2. The molecule has 0 spiro atoms. The lowest BCUT2D eigenvalue weighted by atomic mass is 10.0. The van der Waals surface area contributed by atoms with Crippen molar-refractivity contribution >= 4 is 5.91 Å². The fourth-order valence-electron chi connectivity index (χ4n) is 3.04. The van der Waals surface area contributed by atoms with Gasteiger partial charge in [0.25, 0.3) is 0 Å². The van der Waals surface area contributed by atoms with E-state index >= 15 is 0 Å². The molecule has 17 heavy (non-hydrogen) atoms. The van der Waals surface area contributed by atoms with Crippen LogP contribution in [0.1, 0.15) is 33.1 Å². The second kappa shape index (κ2) is 5.36. The highest BCUT2D eigenvalue weighted by molar-refractivity contribution is 5.81. The van der Waals surface area contributed by atoms with Crippen molar-refractivity contribution in [1.82, 2.24) is 15.1 Å². The number of nitrogens with zero attached hydrogens (tertiary/aromatic N) is 2. The predicted molar refractivity (Wildman–Crippen MR) is 68.6 cm³/mol. The van der Waals surface area contributed by atoms with Crippen LogP contribution in [0.5, 0.6) is 0 Å². The first-order valence-electron chi connectivity index (χ1n) is 6.81. The van der Waals surface area contributed by atoms with Crippen LogP contribution in [-0.2, 0) is 4.79 Å². The molecule has 2 rings (SSSR count). The monoisotopic (exact) mass is 239 g/mol. The van der Waals surface area contributed by atoms with Crippen LogP contribution in [0.4, 0.5) is 0 Å². The first kappa shape index (κ1) is 12.8. The number of likely N-dealkylation sites (tertiary alicyclic amines) is 1. The lowest BCUT2D eigenvalue weighted by Crippen LogP contribution is -2.51. The van der Waals surface area contributed by atoms with Gasteiger partial charge in [-0.2, -0.15) is 0 Å². The van der Waals surface area contributed by atoms with Gasteiger partial charge in [0.05, 0.1) is 12.7 Å². The standard InChI is InChI=1S/C13H25N3O/c1-10(2)7-12-14-8-13(17)16(12)11-5-4-6-15(3)9-11/h10-12,14H,4-9H2,1-3H3. The molecule has 2 aliphatic rings. The maximum Gasteiger partial charge on any atom is 0.238 e. The molecule has 0 bridgehead atoms. The maximum absolute atomic E-state index is 12.0. The summed E-state index contributed by atoms with van der Waals surface area (Å²) in [6.07, 6.45) is 3.69. The fraction of sp³-hybridized carbons (Fsp3) is 0.923. The van der Waals surface area contributed by atoms with Gasteiger partial charge in [0.1, 0.15) is 0 Å². The Balaban J connectivity index is 2.02. The molecule has 98 valence electrons. The number of amides is 1. The van der Waals surface area contributed by atoms with Crippen LogP contribution in [-0.4, -0.2) is 54.6 Å². The van der Waals surface area contributed by atoms with Crippen molar-refractivity contribution in [2.24, 2.45) is 5.92 Å². The molecule has 4 heteroatoms. The van der Waals surface area contributed by atoms with Crippen molar-refractivity contribution < 1.29 is 4.79 Å². The van der Waals surface area contributed by atoms with E-state index in [1.807, 2.05) is 0 Å². The minimum Gasteiger partial charge on any atom is -0.322 e. The molecule has 2 saturated heterocycles. The average Bonchev–Trinajstić information content (AvgIpc) is 2.59. The second-order valence-electron chi connectivity index (χ2n) is 5.89. The van der Waals surface area contributed by atoms with E-state index in [2.05, 4.69) is 36.0 Å². The SMILES string of the molecule is CC(C)CC1NCC(=O)N1C1CCCN(C)C1. The molecule has 2 atom stereocenters. The molecule has 2 unspecified atom stereocenters. The van der Waals surface area contributed by atoms with Gasteiger partial charge in [0.15, 0.2) is 0 Å². The largest absolute Gasteiger partial charge is 0.322 e. The summed E-state index contributed by atoms with van der Waals surface area (Å²) >= 11 is 0. The molecule has 0 saturated carbocycles. The number of likely N-dealkylation sites (N-methyl/N-ethyl adjacent to an activating group) is 1. The third-order valence-corrected chi connectivity index (χ3v) is 3.80. The minimum atomic E-state index is 0.263. The van der Waals surface area contributed by atoms with Crippen LogP contribution in [0.2, 0.25) is 0 Å². The number of carbonyl (C=O) groups is 1. The number of carbonyl (C=O) groups excluding carboxylic acids is 1. The molecule has 1 amide bonds. The molecule has 1 N–H and O–H groups in total. The van der Waals surface area contributed by atoms with Gasteiger partial charge in [0, 0.05) is 12.6 Å². The summed E-state index contributed by atoms with van der Waals surface area (Å²) in [4.78, 5) is 16.5. The van der Waals surface area contributed by atoms with Gasteiger partial charge < -0.3 is 9.80 Å². The van der Waals surface area contributed by atoms with Gasteiger partial charge in [-0.3, -0.25) is 10.1 Å². The van der Waals surface area contributed by atoms with Gasteiger partial charge >= 0.3 is 0 Å². The van der Waals surface area contributed by atoms with Gasteiger partial charge in [-0.05, 0) is 38.8 Å². The summed E-state index contributed by atoms with van der Waals surface area (Å²) in [5, 5.41) is 3.36. The van der Waals surface area contributed by atoms with Crippen molar-refractivity contribution in [1.29, 1.82) is 0 Å². The number of hydrogen-bond donors (Lipinski definition) is 1. The Bertz CT molecular complexity index is 280. The zero-order chi connectivity index (χ0) is 12.4. The van der Waals surface area contributed by atoms with Crippen LogP contribution in [0.25, 0.3) is 0 Å². The van der Waals surface area contributed by atoms with E-state index in [0.29, 0.717) is 18.5 Å². The van der Waals surface area contributed by atoms with E-state index in [4.69, 9.17) is 0 Å². The lowest BCUT2D eigenvalue weighted by Gasteiger charge is -2.39. The van der Waals surface area contributed by atoms with Gasteiger partial charge in [-0.15, -0.1) is 0 Å². The Labute approximate surface area is 104 Å². The highest BCUT2D eigenvalue weighted by Gasteiger charge is 2.37. The Hall–Kier alpha value is -0.610. The molecule has 0 aromatic heterocycles. The smallest absolute Gasteiger partial charge is 0.238 e. The fourth-order valence-corrected chi connectivity index (χ4v) is 3.04. The molecule has 2 heterocycles. The van der Waals surface area contributed by atoms with E-state index in [0.717, 1.165) is 19.4 Å². The topological polar surface area (TPSA) is 35.6 Å². The van der Waals surface area contributed by atoms with Crippen LogP contribution in [0.15, 0.2) is 0 Å². The van der Waals surface area contributed by atoms with E-state index in [-0.39, 0.29) is 12.1 Å². The van der Waals surface area contributed by atoms with E-state index < -0.39 is 0 Å². The number of rotatable bonds is 3. The van der Waals surface area contributed by atoms with Crippen LogP contribution in [0, 0.1) is 5.92 Å². The molecule has 4 nitrogen and oxygen atoms in total. The van der Waals surface area contributed by atoms with Crippen molar-refractivity contribution in [3.63, 3.8) is 0 Å². The average molecular weight is 239 g/mol. The van der Waals surface area contributed by atoms with Crippen molar-refractivity contribution in [3.8, 4) is 0 Å². The molecule has 2 fully saturated rings. The molecule has 0 radical (unpaired) electrons. The second-order valence-corrected chi connectivity index (χ2v) is 5.89. The van der Waals surface area contributed by atoms with Gasteiger partial charge in [0.2, 0.25) is 5.91 Å². The normalized spacial score (nSPS) is 31.5. The van der Waals surface area contributed by atoms with E-state index in [1.54, 1.807) is 0 Å². The number of nitrogens with one attached hydrogen (secondary N) is 1. The van der Waals surface area contributed by atoms with Crippen LogP contribution in [0.3, 0.4) is 0 Å².